The van der Waals surface area contributed by atoms with E-state index < -0.39 is 0 Å². The van der Waals surface area contributed by atoms with Crippen LogP contribution >= 0.6 is 0 Å². The van der Waals surface area contributed by atoms with E-state index in [0.29, 0.717) is 24.8 Å². The summed E-state index contributed by atoms with van der Waals surface area (Å²) in [4.78, 5) is 3.94. The van der Waals surface area contributed by atoms with Crippen molar-refractivity contribution in [3.63, 3.8) is 0 Å². The van der Waals surface area contributed by atoms with Crippen molar-refractivity contribution in [2.45, 2.75) is 6.42 Å². The Balaban J connectivity index is 2.52. The van der Waals surface area contributed by atoms with Crippen LogP contribution in [-0.2, 0) is 4.74 Å². The summed E-state index contributed by atoms with van der Waals surface area (Å²) in [7, 11) is 1.63. The van der Waals surface area contributed by atoms with Crippen LogP contribution in [0.5, 0.6) is 5.88 Å². The number of hydrogen-bond donors (Lipinski definition) is 1. The quantitative estimate of drug-likeness (QED) is 0.727. The van der Waals surface area contributed by atoms with E-state index in [1.165, 1.54) is 0 Å². The van der Waals surface area contributed by atoms with Crippen LogP contribution in [0.3, 0.4) is 0 Å². The topological polar surface area (TPSA) is 81.2 Å². The average Bonchev–Trinajstić information content (AvgIpc) is 2.26. The van der Waals surface area contributed by atoms with E-state index in [1.54, 1.807) is 19.2 Å². The van der Waals surface area contributed by atoms with Gasteiger partial charge in [0.25, 0.3) is 0 Å². The molecule has 0 unspecified atom stereocenters. The van der Waals surface area contributed by atoms with Crippen molar-refractivity contribution in [3.05, 3.63) is 17.8 Å². The Morgan fingerprint density at radius 2 is 2.27 bits per heavy atom. The number of methoxy groups -OCH3 is 1. The number of nitrogen functional groups attached to an aromatic ring is 1. The van der Waals surface area contributed by atoms with Crippen molar-refractivity contribution < 1.29 is 9.47 Å². The highest BCUT2D eigenvalue weighted by molar-refractivity contribution is 5.50. The zero-order valence-electron chi connectivity index (χ0n) is 8.56. The van der Waals surface area contributed by atoms with E-state index in [9.17, 15) is 0 Å². The minimum Gasteiger partial charge on any atom is -0.478 e. The summed E-state index contributed by atoms with van der Waals surface area (Å²) in [5, 5.41) is 8.68. The van der Waals surface area contributed by atoms with Crippen molar-refractivity contribution in [1.29, 1.82) is 5.26 Å². The van der Waals surface area contributed by atoms with Crippen LogP contribution in [0, 0.1) is 11.3 Å². The van der Waals surface area contributed by atoms with Crippen LogP contribution in [0.4, 0.5) is 5.69 Å². The van der Waals surface area contributed by atoms with Gasteiger partial charge in [0, 0.05) is 26.2 Å². The highest BCUT2D eigenvalue weighted by Crippen LogP contribution is 2.13. The van der Waals surface area contributed by atoms with Gasteiger partial charge in [0.15, 0.2) is 5.69 Å². The first-order valence-electron chi connectivity index (χ1n) is 4.56. The molecule has 0 bridgehead atoms. The van der Waals surface area contributed by atoms with Crippen LogP contribution in [0.1, 0.15) is 12.1 Å². The summed E-state index contributed by atoms with van der Waals surface area (Å²) < 4.78 is 10.2. The van der Waals surface area contributed by atoms with E-state index in [1.807, 2.05) is 6.07 Å². The Morgan fingerprint density at radius 1 is 1.47 bits per heavy atom. The van der Waals surface area contributed by atoms with Gasteiger partial charge < -0.3 is 15.2 Å². The Bertz CT molecular complexity index is 360. The standard InChI is InChI=1S/C10H13N3O2/c1-14-5-2-6-15-10-4-3-8(12)9(7-11)13-10/h3-4H,2,5-6,12H2,1H3. The number of anilines is 1. The number of pyridine rings is 1. The third-order valence-electron chi connectivity index (χ3n) is 1.75. The van der Waals surface area contributed by atoms with Crippen molar-refractivity contribution >= 4 is 5.69 Å². The third kappa shape index (κ3) is 3.44. The highest BCUT2D eigenvalue weighted by atomic mass is 16.5. The van der Waals surface area contributed by atoms with Gasteiger partial charge in [0.1, 0.15) is 6.07 Å². The normalized spacial score (nSPS) is 9.60. The zero-order chi connectivity index (χ0) is 11.1. The fourth-order valence-corrected chi connectivity index (χ4v) is 1.00. The molecule has 2 N–H and O–H groups in total. The number of nitrogens with two attached hydrogens (primary N) is 1. The lowest BCUT2D eigenvalue weighted by Gasteiger charge is -2.05. The fourth-order valence-electron chi connectivity index (χ4n) is 1.00. The van der Waals surface area contributed by atoms with Crippen LogP contribution < -0.4 is 10.5 Å². The summed E-state index contributed by atoms with van der Waals surface area (Å²) >= 11 is 0. The Hall–Kier alpha value is -1.80. The first kappa shape index (κ1) is 11.3. The minimum atomic E-state index is 0.194. The number of nitrogens with zero attached hydrogens (tertiary/aromatic N) is 2. The number of hydrogen-bond acceptors (Lipinski definition) is 5. The first-order chi connectivity index (χ1) is 7.27. The molecule has 0 atom stereocenters. The molecule has 0 saturated carbocycles. The molecule has 5 heteroatoms. The van der Waals surface area contributed by atoms with E-state index in [2.05, 4.69) is 4.98 Å². The lowest BCUT2D eigenvalue weighted by Crippen LogP contribution is -2.04. The Labute approximate surface area is 88.4 Å². The van der Waals surface area contributed by atoms with Crippen molar-refractivity contribution in [1.82, 2.24) is 4.98 Å². The highest BCUT2D eigenvalue weighted by Gasteiger charge is 2.02. The SMILES string of the molecule is COCCCOc1ccc(N)c(C#N)n1. The molecule has 1 aromatic heterocycles. The molecule has 0 amide bonds. The molecule has 0 radical (unpaired) electrons. The smallest absolute Gasteiger partial charge is 0.214 e. The van der Waals surface area contributed by atoms with Gasteiger partial charge in [-0.3, -0.25) is 0 Å². The van der Waals surface area contributed by atoms with Crippen molar-refractivity contribution in [2.24, 2.45) is 0 Å². The van der Waals surface area contributed by atoms with E-state index in [4.69, 9.17) is 20.5 Å². The molecule has 1 heterocycles. The summed E-state index contributed by atoms with van der Waals surface area (Å²) in [5.41, 5.74) is 6.07. The van der Waals surface area contributed by atoms with Gasteiger partial charge in [0.2, 0.25) is 5.88 Å². The van der Waals surface area contributed by atoms with Gasteiger partial charge in [-0.1, -0.05) is 0 Å². The maximum atomic E-state index is 8.68. The average molecular weight is 207 g/mol. The van der Waals surface area contributed by atoms with E-state index in [0.717, 1.165) is 6.42 Å². The molecule has 0 fully saturated rings. The lowest BCUT2D eigenvalue weighted by atomic mass is 10.3. The molecule has 0 aliphatic rings. The fraction of sp³-hybridized carbons (Fsp3) is 0.400. The van der Waals surface area contributed by atoms with Crippen molar-refractivity contribution in [3.8, 4) is 11.9 Å². The minimum absolute atomic E-state index is 0.194. The third-order valence-corrected chi connectivity index (χ3v) is 1.75. The van der Waals surface area contributed by atoms with Gasteiger partial charge in [-0.25, -0.2) is 4.98 Å². The van der Waals surface area contributed by atoms with Crippen LogP contribution in [0.15, 0.2) is 12.1 Å². The molecular formula is C10H13N3O2. The van der Waals surface area contributed by atoms with Crippen LogP contribution in [0.2, 0.25) is 0 Å². The molecule has 15 heavy (non-hydrogen) atoms. The number of aromatic nitrogens is 1. The maximum absolute atomic E-state index is 8.68. The second-order valence-electron chi connectivity index (χ2n) is 2.89. The van der Waals surface area contributed by atoms with Gasteiger partial charge in [-0.05, 0) is 6.07 Å². The Morgan fingerprint density at radius 3 is 2.93 bits per heavy atom. The molecular weight excluding hydrogens is 194 g/mol. The molecule has 1 rings (SSSR count). The van der Waals surface area contributed by atoms with Crippen molar-refractivity contribution in [2.75, 3.05) is 26.1 Å². The molecule has 0 aromatic carbocycles. The monoisotopic (exact) mass is 207 g/mol. The van der Waals surface area contributed by atoms with Gasteiger partial charge in [-0.15, -0.1) is 0 Å². The second-order valence-corrected chi connectivity index (χ2v) is 2.89. The molecule has 1 aromatic rings. The molecule has 0 aliphatic heterocycles. The summed E-state index contributed by atoms with van der Waals surface area (Å²) in [5.74, 6) is 0.414. The zero-order valence-corrected chi connectivity index (χ0v) is 8.56. The van der Waals surface area contributed by atoms with Gasteiger partial charge in [0.05, 0.1) is 12.3 Å². The number of rotatable bonds is 5. The lowest BCUT2D eigenvalue weighted by molar-refractivity contribution is 0.170. The summed E-state index contributed by atoms with van der Waals surface area (Å²) in [6, 6.07) is 5.15. The van der Waals surface area contributed by atoms with Gasteiger partial charge >= 0.3 is 0 Å². The van der Waals surface area contributed by atoms with E-state index in [-0.39, 0.29) is 5.69 Å². The van der Waals surface area contributed by atoms with Crippen LogP contribution in [0.25, 0.3) is 0 Å². The molecule has 0 spiro atoms. The van der Waals surface area contributed by atoms with E-state index >= 15 is 0 Å². The maximum Gasteiger partial charge on any atom is 0.214 e. The van der Waals surface area contributed by atoms with Crippen LogP contribution in [-0.4, -0.2) is 25.3 Å². The predicted octanol–water partition coefficient (Wildman–Crippen LogP) is 0.951. The molecule has 80 valence electrons. The number of nitriles is 1. The second kappa shape index (κ2) is 5.83. The Kier molecular flexibility index (Phi) is 4.38. The number of ether oxygens (including phenoxy) is 2. The van der Waals surface area contributed by atoms with Gasteiger partial charge in [-0.2, -0.15) is 5.26 Å². The molecule has 5 nitrogen and oxygen atoms in total. The first-order valence-corrected chi connectivity index (χ1v) is 4.56. The summed E-state index contributed by atoms with van der Waals surface area (Å²) in [6.45, 7) is 1.15. The predicted molar refractivity (Wildman–Crippen MR) is 55.4 cm³/mol. The largest absolute Gasteiger partial charge is 0.478 e. The molecule has 0 saturated heterocycles. The molecule has 0 aliphatic carbocycles. The summed E-state index contributed by atoms with van der Waals surface area (Å²) in [6.07, 6.45) is 0.782.